The summed E-state index contributed by atoms with van der Waals surface area (Å²) in [5.41, 5.74) is 2.13. The molecule has 33 heavy (non-hydrogen) atoms. The summed E-state index contributed by atoms with van der Waals surface area (Å²) in [6.07, 6.45) is 7.16. The van der Waals surface area contributed by atoms with E-state index < -0.39 is 5.97 Å². The van der Waals surface area contributed by atoms with Gasteiger partial charge in [-0.25, -0.2) is 14.5 Å². The van der Waals surface area contributed by atoms with Crippen molar-refractivity contribution in [1.29, 1.82) is 0 Å². The second-order valence-corrected chi connectivity index (χ2v) is 8.98. The first kappa shape index (κ1) is 23.4. The van der Waals surface area contributed by atoms with E-state index in [4.69, 9.17) is 9.47 Å². The molecule has 2 aliphatic rings. The smallest absolute Gasteiger partial charge is 0.340 e. The van der Waals surface area contributed by atoms with Gasteiger partial charge in [-0.05, 0) is 44.9 Å². The number of morpholine rings is 1. The highest BCUT2D eigenvalue weighted by atomic mass is 16.5. The van der Waals surface area contributed by atoms with E-state index in [0.29, 0.717) is 17.9 Å². The van der Waals surface area contributed by atoms with Crippen molar-refractivity contribution in [2.45, 2.75) is 51.5 Å². The molecule has 1 amide bonds. The number of nitrogens with one attached hydrogen (secondary N) is 1. The number of carbonyl (C=O) groups excluding carboxylic acids is 2. The lowest BCUT2D eigenvalue weighted by molar-refractivity contribution is -0.125. The van der Waals surface area contributed by atoms with Crippen molar-refractivity contribution in [3.8, 4) is 5.82 Å². The van der Waals surface area contributed by atoms with E-state index in [0.717, 1.165) is 50.5 Å². The molecule has 178 valence electrons. The number of rotatable bonds is 7. The Labute approximate surface area is 194 Å². The third kappa shape index (κ3) is 5.59. The molecule has 0 bridgehead atoms. The number of nitrogens with zero attached hydrogens (tertiary/aromatic N) is 4. The van der Waals surface area contributed by atoms with Gasteiger partial charge in [0, 0.05) is 37.1 Å². The van der Waals surface area contributed by atoms with Gasteiger partial charge in [-0.15, -0.1) is 0 Å². The van der Waals surface area contributed by atoms with Crippen molar-refractivity contribution in [2.24, 2.45) is 0 Å². The summed E-state index contributed by atoms with van der Waals surface area (Å²) in [6.45, 7) is 7.38. The minimum Gasteiger partial charge on any atom is -0.452 e. The van der Waals surface area contributed by atoms with Gasteiger partial charge in [0.25, 0.3) is 5.91 Å². The number of hydrogen-bond acceptors (Lipinski definition) is 7. The Hall–Kier alpha value is -2.78. The maximum Gasteiger partial charge on any atom is 0.340 e. The maximum atomic E-state index is 12.5. The normalized spacial score (nSPS) is 18.6. The van der Waals surface area contributed by atoms with Crippen molar-refractivity contribution < 1.29 is 19.1 Å². The predicted molar refractivity (Wildman–Crippen MR) is 122 cm³/mol. The number of carbonyl (C=O) groups is 2. The van der Waals surface area contributed by atoms with Crippen molar-refractivity contribution in [3.05, 3.63) is 41.3 Å². The summed E-state index contributed by atoms with van der Waals surface area (Å²) in [5, 5.41) is 7.40. The number of aromatic nitrogens is 3. The molecule has 0 aromatic carbocycles. The molecule has 2 fully saturated rings. The summed E-state index contributed by atoms with van der Waals surface area (Å²) in [4.78, 5) is 31.6. The van der Waals surface area contributed by atoms with Gasteiger partial charge in [-0.1, -0.05) is 19.3 Å². The second kappa shape index (κ2) is 10.4. The fourth-order valence-electron chi connectivity index (χ4n) is 4.87. The summed E-state index contributed by atoms with van der Waals surface area (Å²) in [5.74, 6) is -0.234. The molecule has 1 saturated heterocycles. The SMILES string of the molecule is Cc1cc(C)n(-c2ccc(C(=O)OCC(=O)NCC3(N4CCOCC4)CCCCC3)cn2)n1. The van der Waals surface area contributed by atoms with E-state index in [1.807, 2.05) is 19.9 Å². The monoisotopic (exact) mass is 455 g/mol. The van der Waals surface area contributed by atoms with E-state index in [-0.39, 0.29) is 18.1 Å². The molecule has 4 rings (SSSR count). The van der Waals surface area contributed by atoms with E-state index in [9.17, 15) is 9.59 Å². The van der Waals surface area contributed by atoms with E-state index in [1.54, 1.807) is 16.8 Å². The van der Waals surface area contributed by atoms with Crippen LogP contribution in [0.25, 0.3) is 5.82 Å². The lowest BCUT2D eigenvalue weighted by Crippen LogP contribution is -2.59. The molecule has 0 atom stereocenters. The number of aryl methyl sites for hydroxylation is 2. The van der Waals surface area contributed by atoms with Gasteiger partial charge in [0.1, 0.15) is 0 Å². The van der Waals surface area contributed by atoms with Crippen LogP contribution in [-0.2, 0) is 14.3 Å². The number of amides is 1. The fraction of sp³-hybridized carbons (Fsp3) is 0.583. The van der Waals surface area contributed by atoms with Gasteiger partial charge in [-0.2, -0.15) is 5.10 Å². The Morgan fingerprint density at radius 1 is 1.15 bits per heavy atom. The third-order valence-corrected chi connectivity index (χ3v) is 6.63. The highest BCUT2D eigenvalue weighted by molar-refractivity contribution is 5.91. The fourth-order valence-corrected chi connectivity index (χ4v) is 4.87. The molecule has 0 unspecified atom stereocenters. The first-order valence-corrected chi connectivity index (χ1v) is 11.7. The van der Waals surface area contributed by atoms with E-state index >= 15 is 0 Å². The van der Waals surface area contributed by atoms with Crippen LogP contribution in [0.2, 0.25) is 0 Å². The minimum atomic E-state index is -0.571. The molecule has 9 heteroatoms. The molecule has 9 nitrogen and oxygen atoms in total. The van der Waals surface area contributed by atoms with Crippen LogP contribution in [0, 0.1) is 13.8 Å². The lowest BCUT2D eigenvalue weighted by Gasteiger charge is -2.48. The predicted octanol–water partition coefficient (Wildman–Crippen LogP) is 2.19. The van der Waals surface area contributed by atoms with Crippen molar-refractivity contribution in [1.82, 2.24) is 25.0 Å². The van der Waals surface area contributed by atoms with Gasteiger partial charge in [0.2, 0.25) is 0 Å². The Morgan fingerprint density at radius 3 is 2.55 bits per heavy atom. The number of ether oxygens (including phenoxy) is 2. The van der Waals surface area contributed by atoms with Crippen LogP contribution in [0.5, 0.6) is 0 Å². The number of esters is 1. The van der Waals surface area contributed by atoms with Crippen molar-refractivity contribution in [2.75, 3.05) is 39.5 Å². The molecule has 1 N–H and O–H groups in total. The number of pyridine rings is 1. The summed E-state index contributed by atoms with van der Waals surface area (Å²) >= 11 is 0. The van der Waals surface area contributed by atoms with Crippen LogP contribution in [0.1, 0.15) is 53.8 Å². The Balaban J connectivity index is 1.29. The molecule has 0 radical (unpaired) electrons. The van der Waals surface area contributed by atoms with Gasteiger partial charge in [-0.3, -0.25) is 9.69 Å². The standard InChI is InChI=1S/C24H33N5O4/c1-18-14-19(2)29(27-18)21-7-6-20(15-25-21)23(31)33-16-22(30)26-17-24(8-4-3-5-9-24)28-10-12-32-13-11-28/h6-7,14-15H,3-5,8-13,16-17H2,1-2H3,(H,26,30). The topological polar surface area (TPSA) is 98.6 Å². The van der Waals surface area contributed by atoms with Gasteiger partial charge < -0.3 is 14.8 Å². The molecule has 1 aliphatic heterocycles. The van der Waals surface area contributed by atoms with E-state index in [2.05, 4.69) is 20.3 Å². The Morgan fingerprint density at radius 2 is 1.91 bits per heavy atom. The molecule has 1 aliphatic carbocycles. The molecule has 2 aromatic heterocycles. The van der Waals surface area contributed by atoms with Crippen LogP contribution >= 0.6 is 0 Å². The van der Waals surface area contributed by atoms with Gasteiger partial charge in [0.15, 0.2) is 12.4 Å². The summed E-state index contributed by atoms with van der Waals surface area (Å²) in [6, 6.07) is 5.30. The quantitative estimate of drug-likeness (QED) is 0.639. The maximum absolute atomic E-state index is 12.5. The average molecular weight is 456 g/mol. The minimum absolute atomic E-state index is 0.0234. The van der Waals surface area contributed by atoms with Crippen molar-refractivity contribution in [3.63, 3.8) is 0 Å². The largest absolute Gasteiger partial charge is 0.452 e. The second-order valence-electron chi connectivity index (χ2n) is 8.98. The first-order valence-electron chi connectivity index (χ1n) is 11.7. The zero-order chi connectivity index (χ0) is 23.3. The third-order valence-electron chi connectivity index (χ3n) is 6.63. The molecule has 0 spiro atoms. The first-order chi connectivity index (χ1) is 16.0. The molecular formula is C24H33N5O4. The molecule has 2 aromatic rings. The average Bonchev–Trinajstić information content (AvgIpc) is 3.20. The Kier molecular flexibility index (Phi) is 7.39. The molecule has 1 saturated carbocycles. The zero-order valence-corrected chi connectivity index (χ0v) is 19.5. The molecule has 3 heterocycles. The van der Waals surface area contributed by atoms with Crippen LogP contribution in [-0.4, -0.2) is 76.5 Å². The Bertz CT molecular complexity index is 960. The zero-order valence-electron chi connectivity index (χ0n) is 19.5. The van der Waals surface area contributed by atoms with Crippen LogP contribution in [0.4, 0.5) is 0 Å². The summed E-state index contributed by atoms with van der Waals surface area (Å²) < 4.78 is 12.5. The number of hydrogen-bond donors (Lipinski definition) is 1. The van der Waals surface area contributed by atoms with Gasteiger partial charge >= 0.3 is 5.97 Å². The van der Waals surface area contributed by atoms with Crippen LogP contribution < -0.4 is 5.32 Å². The van der Waals surface area contributed by atoms with Crippen LogP contribution in [0.15, 0.2) is 24.4 Å². The molecular weight excluding hydrogens is 422 g/mol. The summed E-state index contributed by atoms with van der Waals surface area (Å²) in [7, 11) is 0. The van der Waals surface area contributed by atoms with Gasteiger partial charge in [0.05, 0.1) is 24.5 Å². The highest BCUT2D eigenvalue weighted by Gasteiger charge is 2.38. The van der Waals surface area contributed by atoms with Crippen LogP contribution in [0.3, 0.4) is 0 Å². The highest BCUT2D eigenvalue weighted by Crippen LogP contribution is 2.33. The van der Waals surface area contributed by atoms with Crippen molar-refractivity contribution >= 4 is 11.9 Å². The lowest BCUT2D eigenvalue weighted by atomic mass is 9.79. The van der Waals surface area contributed by atoms with E-state index in [1.165, 1.54) is 25.5 Å².